The molecular formula is C42H82O15. The minimum atomic E-state index is -0.288. The van der Waals surface area contributed by atoms with E-state index in [0.29, 0.717) is 152 Å². The first-order valence-electron chi connectivity index (χ1n) is 21.8. The summed E-state index contributed by atoms with van der Waals surface area (Å²) in [5.74, 6) is -0.423. The second-order valence-corrected chi connectivity index (χ2v) is 13.3. The van der Waals surface area contributed by atoms with Gasteiger partial charge in [-0.2, -0.15) is 0 Å². The van der Waals surface area contributed by atoms with Crippen molar-refractivity contribution >= 4 is 11.9 Å². The molecule has 0 aromatic heterocycles. The van der Waals surface area contributed by atoms with E-state index in [1.165, 1.54) is 77.7 Å². The summed E-state index contributed by atoms with van der Waals surface area (Å²) in [5, 5.41) is 0. The monoisotopic (exact) mass is 827 g/mol. The summed E-state index contributed by atoms with van der Waals surface area (Å²) in [7, 11) is 1.35. The van der Waals surface area contributed by atoms with Gasteiger partial charge in [0, 0.05) is 6.42 Å². The van der Waals surface area contributed by atoms with Crippen LogP contribution in [-0.4, -0.2) is 171 Å². The molecule has 15 heteroatoms. The summed E-state index contributed by atoms with van der Waals surface area (Å²) < 4.78 is 69.8. The van der Waals surface area contributed by atoms with Crippen molar-refractivity contribution < 1.29 is 71.2 Å². The molecule has 0 saturated carbocycles. The van der Waals surface area contributed by atoms with Gasteiger partial charge < -0.3 is 61.6 Å². The molecule has 57 heavy (non-hydrogen) atoms. The molecule has 0 unspecified atom stereocenters. The first kappa shape index (κ1) is 55.5. The Kier molecular flexibility index (Phi) is 49.3. The van der Waals surface area contributed by atoms with Crippen molar-refractivity contribution in [3.63, 3.8) is 0 Å². The number of rotatable bonds is 50. The molecule has 0 N–H and O–H groups in total. The summed E-state index contributed by atoms with van der Waals surface area (Å²) in [4.78, 5) is 22.8. The predicted octanol–water partition coefficient (Wildman–Crippen LogP) is 5.76. The van der Waals surface area contributed by atoms with Crippen molar-refractivity contribution in [1.29, 1.82) is 0 Å². The SMILES string of the molecule is CCCCCCCCCCCCCCCC(=O)OCCOCCOCCOCCOCCOCCOCCOCCOCCOCCOCCOCCC(=O)OC. The molecule has 0 bridgehead atoms. The number of hydrogen-bond donors (Lipinski definition) is 0. The van der Waals surface area contributed by atoms with Crippen molar-refractivity contribution in [1.82, 2.24) is 0 Å². The highest BCUT2D eigenvalue weighted by atomic mass is 16.6. The number of carbonyl (C=O) groups is 2. The van der Waals surface area contributed by atoms with Crippen LogP contribution in [0.4, 0.5) is 0 Å². The van der Waals surface area contributed by atoms with E-state index in [4.69, 9.17) is 56.8 Å². The van der Waals surface area contributed by atoms with Crippen molar-refractivity contribution in [2.45, 2.75) is 103 Å². The standard InChI is InChI=1S/C42H82O15/c1-3-4-5-6-7-8-9-10-11-12-13-14-15-16-42(44)57-40-39-56-38-37-55-36-35-54-34-33-53-32-31-52-30-29-51-28-27-50-26-25-49-24-23-48-22-21-47-20-19-46-18-17-41(43)45-2/h3-40H2,1-2H3. The maximum atomic E-state index is 11.9. The van der Waals surface area contributed by atoms with E-state index >= 15 is 0 Å². The third-order valence-corrected chi connectivity index (χ3v) is 8.37. The van der Waals surface area contributed by atoms with E-state index in [1.54, 1.807) is 0 Å². The van der Waals surface area contributed by atoms with Crippen molar-refractivity contribution in [2.24, 2.45) is 0 Å². The lowest BCUT2D eigenvalue weighted by Crippen LogP contribution is -2.15. The number of methoxy groups -OCH3 is 1. The fraction of sp³-hybridized carbons (Fsp3) is 0.952. The average molecular weight is 827 g/mol. The van der Waals surface area contributed by atoms with Crippen LogP contribution in [0.3, 0.4) is 0 Å². The molecule has 0 aliphatic heterocycles. The van der Waals surface area contributed by atoms with Crippen molar-refractivity contribution in [3.05, 3.63) is 0 Å². The fourth-order valence-electron chi connectivity index (χ4n) is 5.13. The maximum Gasteiger partial charge on any atom is 0.307 e. The number of esters is 2. The predicted molar refractivity (Wildman–Crippen MR) is 217 cm³/mol. The third-order valence-electron chi connectivity index (χ3n) is 8.37. The van der Waals surface area contributed by atoms with Crippen molar-refractivity contribution in [2.75, 3.05) is 159 Å². The van der Waals surface area contributed by atoms with Gasteiger partial charge in [-0.25, -0.2) is 0 Å². The van der Waals surface area contributed by atoms with Crippen LogP contribution in [0.15, 0.2) is 0 Å². The summed E-state index contributed by atoms with van der Waals surface area (Å²) in [5.41, 5.74) is 0. The summed E-state index contributed by atoms with van der Waals surface area (Å²) in [6, 6.07) is 0. The molecule has 15 nitrogen and oxygen atoms in total. The van der Waals surface area contributed by atoms with E-state index in [0.717, 1.165) is 12.8 Å². The number of ether oxygens (including phenoxy) is 13. The molecule has 0 atom stereocenters. The Morgan fingerprint density at radius 3 is 0.807 bits per heavy atom. The molecule has 0 spiro atoms. The Balaban J connectivity index is 3.13. The summed E-state index contributed by atoms with van der Waals surface area (Å²) in [6.45, 7) is 12.8. The molecule has 0 saturated heterocycles. The van der Waals surface area contributed by atoms with Crippen LogP contribution >= 0.6 is 0 Å². The molecule has 0 amide bonds. The van der Waals surface area contributed by atoms with Gasteiger partial charge in [-0.15, -0.1) is 0 Å². The number of hydrogen-bond acceptors (Lipinski definition) is 15. The Morgan fingerprint density at radius 1 is 0.281 bits per heavy atom. The smallest absolute Gasteiger partial charge is 0.307 e. The maximum absolute atomic E-state index is 11.9. The molecule has 0 aromatic carbocycles. The summed E-state index contributed by atoms with van der Waals surface area (Å²) >= 11 is 0. The van der Waals surface area contributed by atoms with Gasteiger partial charge in [-0.1, -0.05) is 84.0 Å². The van der Waals surface area contributed by atoms with Crippen LogP contribution in [-0.2, 0) is 71.2 Å². The van der Waals surface area contributed by atoms with Crippen LogP contribution < -0.4 is 0 Å². The molecular weight excluding hydrogens is 744 g/mol. The van der Waals surface area contributed by atoms with Gasteiger partial charge in [0.1, 0.15) is 6.61 Å². The Bertz CT molecular complexity index is 793. The zero-order chi connectivity index (χ0) is 41.2. The molecule has 0 rings (SSSR count). The minimum absolute atomic E-state index is 0.136. The summed E-state index contributed by atoms with van der Waals surface area (Å²) in [6.07, 6.45) is 17.5. The lowest BCUT2D eigenvalue weighted by molar-refractivity contribution is -0.145. The molecule has 0 heterocycles. The normalized spacial score (nSPS) is 11.4. The highest BCUT2D eigenvalue weighted by molar-refractivity contribution is 5.69. The van der Waals surface area contributed by atoms with Crippen LogP contribution in [0.2, 0.25) is 0 Å². The van der Waals surface area contributed by atoms with Gasteiger partial charge in [-0.05, 0) is 6.42 Å². The molecule has 0 radical (unpaired) electrons. The molecule has 340 valence electrons. The Labute approximate surface area is 345 Å². The average Bonchev–Trinajstić information content (AvgIpc) is 3.22. The van der Waals surface area contributed by atoms with E-state index < -0.39 is 0 Å². The van der Waals surface area contributed by atoms with Crippen LogP contribution in [0.25, 0.3) is 0 Å². The first-order chi connectivity index (χ1) is 28.2. The first-order valence-corrected chi connectivity index (χ1v) is 21.8. The number of unbranched alkanes of at least 4 members (excludes halogenated alkanes) is 12. The highest BCUT2D eigenvalue weighted by Crippen LogP contribution is 2.13. The number of carbonyl (C=O) groups excluding carboxylic acids is 2. The van der Waals surface area contributed by atoms with Gasteiger partial charge in [0.25, 0.3) is 0 Å². The fourth-order valence-corrected chi connectivity index (χ4v) is 5.13. The second kappa shape index (κ2) is 50.6. The Hall–Kier alpha value is -1.50. The lowest BCUT2D eigenvalue weighted by Gasteiger charge is -2.09. The zero-order valence-corrected chi connectivity index (χ0v) is 36.0. The van der Waals surface area contributed by atoms with E-state index in [2.05, 4.69) is 11.7 Å². The minimum Gasteiger partial charge on any atom is -0.469 e. The van der Waals surface area contributed by atoms with Crippen molar-refractivity contribution in [3.8, 4) is 0 Å². The Morgan fingerprint density at radius 2 is 0.526 bits per heavy atom. The zero-order valence-electron chi connectivity index (χ0n) is 36.0. The molecule has 0 aromatic rings. The van der Waals surface area contributed by atoms with Crippen LogP contribution in [0.5, 0.6) is 0 Å². The van der Waals surface area contributed by atoms with Gasteiger partial charge in [-0.3, -0.25) is 9.59 Å². The largest absolute Gasteiger partial charge is 0.469 e. The second-order valence-electron chi connectivity index (χ2n) is 13.3. The van der Waals surface area contributed by atoms with Crippen LogP contribution in [0.1, 0.15) is 103 Å². The highest BCUT2D eigenvalue weighted by Gasteiger charge is 2.03. The van der Waals surface area contributed by atoms with Gasteiger partial charge in [0.2, 0.25) is 0 Å². The molecule has 0 fully saturated rings. The van der Waals surface area contributed by atoms with E-state index in [-0.39, 0.29) is 25.0 Å². The van der Waals surface area contributed by atoms with Gasteiger partial charge >= 0.3 is 11.9 Å². The topological polar surface area (TPSA) is 154 Å². The van der Waals surface area contributed by atoms with Gasteiger partial charge in [0.15, 0.2) is 0 Å². The molecule has 0 aliphatic carbocycles. The molecule has 0 aliphatic rings. The van der Waals surface area contributed by atoms with Crippen LogP contribution in [0, 0.1) is 0 Å². The van der Waals surface area contributed by atoms with E-state index in [9.17, 15) is 9.59 Å². The van der Waals surface area contributed by atoms with Gasteiger partial charge in [0.05, 0.1) is 159 Å². The van der Waals surface area contributed by atoms with E-state index in [1.807, 2.05) is 0 Å². The quantitative estimate of drug-likeness (QED) is 0.0539. The lowest BCUT2D eigenvalue weighted by atomic mass is 10.0. The third kappa shape index (κ3) is 50.6.